The molecule has 2 aliphatic rings. The lowest BCUT2D eigenvalue weighted by Gasteiger charge is -2.46. The van der Waals surface area contributed by atoms with Crippen molar-refractivity contribution in [3.05, 3.63) is 23.5 Å². The van der Waals surface area contributed by atoms with E-state index in [0.29, 0.717) is 16.9 Å². The van der Waals surface area contributed by atoms with Crippen molar-refractivity contribution in [1.29, 1.82) is 0 Å². The lowest BCUT2D eigenvalue weighted by molar-refractivity contribution is -0.0189. The SMILES string of the molecule is O=C(Nc1ccc(Cl)nc1)N1CC(N2CCOCC2)C1. The molecule has 1 N–H and O–H groups in total. The number of amides is 2. The van der Waals surface area contributed by atoms with Gasteiger partial charge in [0, 0.05) is 32.2 Å². The summed E-state index contributed by atoms with van der Waals surface area (Å²) < 4.78 is 5.33. The Hall–Kier alpha value is -1.37. The molecule has 2 fully saturated rings. The third-order valence-corrected chi connectivity index (χ3v) is 3.91. The highest BCUT2D eigenvalue weighted by Crippen LogP contribution is 2.18. The Balaban J connectivity index is 1.47. The molecule has 0 radical (unpaired) electrons. The number of carbonyl (C=O) groups excluding carboxylic acids is 1. The number of ether oxygens (including phenoxy) is 1. The fourth-order valence-corrected chi connectivity index (χ4v) is 2.56. The molecule has 0 aromatic carbocycles. The number of hydrogen-bond donors (Lipinski definition) is 1. The number of nitrogens with one attached hydrogen (secondary N) is 1. The van der Waals surface area contributed by atoms with Gasteiger partial charge in [-0.1, -0.05) is 11.6 Å². The minimum Gasteiger partial charge on any atom is -0.379 e. The van der Waals surface area contributed by atoms with E-state index in [0.717, 1.165) is 39.4 Å². The zero-order chi connectivity index (χ0) is 13.9. The zero-order valence-corrected chi connectivity index (χ0v) is 11.8. The van der Waals surface area contributed by atoms with Crippen LogP contribution in [-0.4, -0.2) is 66.2 Å². The second-order valence-corrected chi connectivity index (χ2v) is 5.39. The summed E-state index contributed by atoms with van der Waals surface area (Å²) in [6.45, 7) is 5.04. The zero-order valence-electron chi connectivity index (χ0n) is 11.1. The molecule has 0 atom stereocenters. The lowest BCUT2D eigenvalue weighted by atomic mass is 10.1. The van der Waals surface area contributed by atoms with Crippen LogP contribution in [0.1, 0.15) is 0 Å². The number of morpholine rings is 1. The molecule has 2 aliphatic heterocycles. The first kappa shape index (κ1) is 13.6. The minimum absolute atomic E-state index is 0.0846. The fraction of sp³-hybridized carbons (Fsp3) is 0.538. The van der Waals surface area contributed by atoms with Crippen LogP contribution in [0.25, 0.3) is 0 Å². The van der Waals surface area contributed by atoms with Crippen molar-refractivity contribution in [2.45, 2.75) is 6.04 Å². The maximum atomic E-state index is 12.0. The summed E-state index contributed by atoms with van der Waals surface area (Å²) in [4.78, 5) is 20.1. The van der Waals surface area contributed by atoms with Crippen LogP contribution in [-0.2, 0) is 4.74 Å². The Kier molecular flexibility index (Phi) is 4.05. The molecular weight excluding hydrogens is 280 g/mol. The second-order valence-electron chi connectivity index (χ2n) is 5.01. The monoisotopic (exact) mass is 296 g/mol. The minimum atomic E-state index is -0.0846. The van der Waals surface area contributed by atoms with E-state index in [1.807, 2.05) is 0 Å². The number of rotatable bonds is 2. The Bertz CT molecular complexity index is 470. The molecule has 2 saturated heterocycles. The van der Waals surface area contributed by atoms with Gasteiger partial charge in [-0.3, -0.25) is 4.90 Å². The fourth-order valence-electron chi connectivity index (χ4n) is 2.45. The van der Waals surface area contributed by atoms with Crippen LogP contribution in [0.5, 0.6) is 0 Å². The van der Waals surface area contributed by atoms with Gasteiger partial charge in [-0.05, 0) is 12.1 Å². The molecule has 0 saturated carbocycles. The molecule has 2 amide bonds. The Morgan fingerprint density at radius 1 is 1.35 bits per heavy atom. The summed E-state index contributed by atoms with van der Waals surface area (Å²) in [5.74, 6) is 0. The molecule has 3 rings (SSSR count). The van der Waals surface area contributed by atoms with E-state index in [9.17, 15) is 4.79 Å². The molecule has 3 heterocycles. The molecular formula is C13H17ClN4O2. The van der Waals surface area contributed by atoms with Crippen molar-refractivity contribution < 1.29 is 9.53 Å². The van der Waals surface area contributed by atoms with Crippen molar-refractivity contribution in [3.8, 4) is 0 Å². The van der Waals surface area contributed by atoms with Gasteiger partial charge >= 0.3 is 6.03 Å². The van der Waals surface area contributed by atoms with Crippen molar-refractivity contribution in [2.24, 2.45) is 0 Å². The average molecular weight is 297 g/mol. The highest BCUT2D eigenvalue weighted by atomic mass is 35.5. The summed E-state index contributed by atoms with van der Waals surface area (Å²) in [6, 6.07) is 3.78. The molecule has 0 unspecified atom stereocenters. The molecule has 7 heteroatoms. The number of aromatic nitrogens is 1. The quantitative estimate of drug-likeness (QED) is 0.836. The van der Waals surface area contributed by atoms with Crippen molar-refractivity contribution >= 4 is 23.3 Å². The highest BCUT2D eigenvalue weighted by molar-refractivity contribution is 6.29. The van der Waals surface area contributed by atoms with Gasteiger partial charge in [-0.25, -0.2) is 9.78 Å². The van der Waals surface area contributed by atoms with Gasteiger partial charge in [0.1, 0.15) is 5.15 Å². The number of likely N-dealkylation sites (tertiary alicyclic amines) is 1. The van der Waals surface area contributed by atoms with Crippen LogP contribution in [0.15, 0.2) is 18.3 Å². The summed E-state index contributed by atoms with van der Waals surface area (Å²) in [5.41, 5.74) is 0.661. The Labute approximate surface area is 122 Å². The first-order valence-corrected chi connectivity index (χ1v) is 7.09. The summed E-state index contributed by atoms with van der Waals surface area (Å²) in [5, 5.41) is 3.23. The molecule has 108 valence electrons. The second kappa shape index (κ2) is 5.95. The van der Waals surface area contributed by atoms with Crippen molar-refractivity contribution in [3.63, 3.8) is 0 Å². The topological polar surface area (TPSA) is 57.7 Å². The lowest BCUT2D eigenvalue weighted by Crippen LogP contribution is -2.63. The van der Waals surface area contributed by atoms with Gasteiger partial charge in [0.05, 0.1) is 25.1 Å². The van der Waals surface area contributed by atoms with Gasteiger partial charge in [-0.2, -0.15) is 0 Å². The summed E-state index contributed by atoms with van der Waals surface area (Å²) in [6.07, 6.45) is 1.56. The van der Waals surface area contributed by atoms with E-state index in [1.165, 1.54) is 0 Å². The van der Waals surface area contributed by atoms with E-state index in [2.05, 4.69) is 15.2 Å². The smallest absolute Gasteiger partial charge is 0.321 e. The van der Waals surface area contributed by atoms with E-state index in [1.54, 1.807) is 23.2 Å². The van der Waals surface area contributed by atoms with E-state index in [4.69, 9.17) is 16.3 Å². The van der Waals surface area contributed by atoms with E-state index in [-0.39, 0.29) is 6.03 Å². The van der Waals surface area contributed by atoms with Crippen molar-refractivity contribution in [2.75, 3.05) is 44.7 Å². The van der Waals surface area contributed by atoms with Crippen LogP contribution in [0.2, 0.25) is 5.15 Å². The predicted molar refractivity (Wildman–Crippen MR) is 76.0 cm³/mol. The standard InChI is InChI=1S/C13H17ClN4O2/c14-12-2-1-10(7-15-12)16-13(19)18-8-11(9-18)17-3-5-20-6-4-17/h1-2,7,11H,3-6,8-9H2,(H,16,19). The van der Waals surface area contributed by atoms with Crippen LogP contribution in [0.4, 0.5) is 10.5 Å². The molecule has 0 aliphatic carbocycles. The van der Waals surface area contributed by atoms with Gasteiger partial charge in [0.15, 0.2) is 0 Å². The molecule has 1 aromatic heterocycles. The average Bonchev–Trinajstić information content (AvgIpc) is 2.41. The third-order valence-electron chi connectivity index (χ3n) is 3.69. The molecule has 6 nitrogen and oxygen atoms in total. The number of urea groups is 1. The summed E-state index contributed by atoms with van der Waals surface area (Å²) in [7, 11) is 0. The maximum absolute atomic E-state index is 12.0. The number of pyridine rings is 1. The van der Waals surface area contributed by atoms with Crippen LogP contribution < -0.4 is 5.32 Å². The molecule has 0 spiro atoms. The maximum Gasteiger partial charge on any atom is 0.321 e. The molecule has 1 aromatic rings. The van der Waals surface area contributed by atoms with Gasteiger partial charge in [0.2, 0.25) is 0 Å². The highest BCUT2D eigenvalue weighted by Gasteiger charge is 2.35. The first-order chi connectivity index (χ1) is 9.72. The van der Waals surface area contributed by atoms with E-state index >= 15 is 0 Å². The summed E-state index contributed by atoms with van der Waals surface area (Å²) >= 11 is 5.70. The van der Waals surface area contributed by atoms with Crippen molar-refractivity contribution in [1.82, 2.24) is 14.8 Å². The van der Waals surface area contributed by atoms with Crippen LogP contribution in [0, 0.1) is 0 Å². The first-order valence-electron chi connectivity index (χ1n) is 6.71. The predicted octanol–water partition coefficient (Wildman–Crippen LogP) is 1.28. The largest absolute Gasteiger partial charge is 0.379 e. The third kappa shape index (κ3) is 3.03. The molecule has 20 heavy (non-hydrogen) atoms. The van der Waals surface area contributed by atoms with Gasteiger partial charge in [0.25, 0.3) is 0 Å². The number of nitrogens with zero attached hydrogens (tertiary/aromatic N) is 3. The number of halogens is 1. The van der Waals surface area contributed by atoms with E-state index < -0.39 is 0 Å². The number of anilines is 1. The Morgan fingerprint density at radius 3 is 2.75 bits per heavy atom. The number of hydrogen-bond acceptors (Lipinski definition) is 4. The normalized spacial score (nSPS) is 20.6. The van der Waals surface area contributed by atoms with Crippen LogP contribution in [0.3, 0.4) is 0 Å². The molecule has 0 bridgehead atoms. The van der Waals surface area contributed by atoms with Gasteiger partial charge < -0.3 is 15.0 Å². The van der Waals surface area contributed by atoms with Gasteiger partial charge in [-0.15, -0.1) is 0 Å². The number of carbonyl (C=O) groups is 1. The van der Waals surface area contributed by atoms with Crippen LogP contribution >= 0.6 is 11.6 Å². The Morgan fingerprint density at radius 2 is 2.10 bits per heavy atom.